The Labute approximate surface area is 72.1 Å². The first-order valence-electron chi connectivity index (χ1n) is 0.890. The van der Waals surface area contributed by atoms with Crippen molar-refractivity contribution in [2.75, 3.05) is 0 Å². The summed E-state index contributed by atoms with van der Waals surface area (Å²) in [5, 5.41) is 24.8. The summed E-state index contributed by atoms with van der Waals surface area (Å²) >= 11 is 0. The Hall–Kier alpha value is 1.39. The Kier molecular flexibility index (Phi) is 11.0. The number of hydrogen-bond donors (Lipinski definition) is 1. The smallest absolute Gasteiger partial charge is 0.868 e. The Morgan fingerprint density at radius 2 is 1.67 bits per heavy atom. The predicted octanol–water partition coefficient (Wildman–Crippen LogP) is -3.20. The summed E-state index contributed by atoms with van der Waals surface area (Å²) in [4.78, 5) is 2.64. The van der Waals surface area contributed by atoms with Crippen LogP contribution in [-0.2, 0) is 4.81 Å². The quantitative estimate of drug-likeness (QED) is 0.251. The zero-order valence-electron chi connectivity index (χ0n) is 2.96. The molecule has 30 valence electrons. The Balaban J connectivity index is 0. The van der Waals surface area contributed by atoms with Crippen molar-refractivity contribution in [3.05, 3.63) is 0 Å². The fraction of sp³-hybridized carbons (Fsp3) is 0. The van der Waals surface area contributed by atoms with Gasteiger partial charge in [-0.1, -0.05) is 0 Å². The molecule has 0 aliphatic heterocycles. The molecule has 0 amide bonds. The second-order valence-electron chi connectivity index (χ2n) is 0.394. The zero-order chi connectivity index (χ0) is 4.28. The molecule has 6 heavy (non-hydrogen) atoms. The van der Waals surface area contributed by atoms with E-state index in [-0.39, 0.29) is 45.5 Å². The summed E-state index contributed by atoms with van der Waals surface area (Å²) < 4.78 is 0. The molecule has 0 bridgehead atoms. The molecular formula is HBO4Sr. The van der Waals surface area contributed by atoms with E-state index in [9.17, 15) is 0 Å². The van der Waals surface area contributed by atoms with Crippen LogP contribution in [-0.4, -0.2) is 58.1 Å². The monoisotopic (exact) mass is 164 g/mol. The van der Waals surface area contributed by atoms with Crippen LogP contribution in [0.25, 0.3) is 0 Å². The third kappa shape index (κ3) is 9.04. The van der Waals surface area contributed by atoms with Crippen LogP contribution in [0.4, 0.5) is 0 Å². The maximum Gasteiger partial charge on any atom is 2.00 e. The molecule has 0 heterocycles. The molecule has 0 rings (SSSR count). The minimum absolute atomic E-state index is 0. The summed E-state index contributed by atoms with van der Waals surface area (Å²) in [5.74, 6) is 0. The first-order chi connectivity index (χ1) is 2.27. The van der Waals surface area contributed by atoms with E-state index in [1.54, 1.807) is 0 Å². The Bertz CT molecular complexity index is 21.5. The number of hydrogen-bond acceptors (Lipinski definition) is 4. The normalized spacial score (nSPS) is 6.50. The minimum atomic E-state index is -2.56. The molecule has 0 aromatic rings. The van der Waals surface area contributed by atoms with Crippen LogP contribution < -0.4 is 10.0 Å². The van der Waals surface area contributed by atoms with Gasteiger partial charge in [-0.2, -0.15) is 0 Å². The van der Waals surface area contributed by atoms with Gasteiger partial charge in [-0.25, -0.2) is 0 Å². The molecule has 4 nitrogen and oxygen atoms in total. The van der Waals surface area contributed by atoms with E-state index in [2.05, 4.69) is 4.81 Å². The van der Waals surface area contributed by atoms with Crippen molar-refractivity contribution in [3.8, 4) is 0 Å². The first kappa shape index (κ1) is 10.4. The molecule has 0 aliphatic rings. The van der Waals surface area contributed by atoms with E-state index in [4.69, 9.17) is 15.3 Å². The van der Waals surface area contributed by atoms with Crippen LogP contribution in [0.5, 0.6) is 0 Å². The molecule has 1 N–H and O–H groups in total. The van der Waals surface area contributed by atoms with E-state index < -0.39 is 7.32 Å². The molecule has 0 aromatic heterocycles. The third-order valence-electron chi connectivity index (χ3n) is 0.0861. The zero-order valence-corrected chi connectivity index (χ0v) is 6.43. The molecule has 0 aromatic carbocycles. The maximum atomic E-state index is 8.87. The molecular weight excluding hydrogens is 162 g/mol. The minimum Gasteiger partial charge on any atom is -0.868 e. The van der Waals surface area contributed by atoms with Gasteiger partial charge in [0.1, 0.15) is 7.32 Å². The predicted molar refractivity (Wildman–Crippen MR) is 15.2 cm³/mol. The van der Waals surface area contributed by atoms with Crippen LogP contribution in [0, 0.1) is 0 Å². The molecule has 0 unspecified atom stereocenters. The van der Waals surface area contributed by atoms with Crippen LogP contribution in [0.3, 0.4) is 0 Å². The van der Waals surface area contributed by atoms with Gasteiger partial charge < -0.3 is 14.9 Å². The molecule has 0 atom stereocenters. The van der Waals surface area contributed by atoms with Gasteiger partial charge in [-0.05, 0) is 0 Å². The van der Waals surface area contributed by atoms with Crippen LogP contribution in [0.15, 0.2) is 0 Å². The fourth-order valence-corrected chi connectivity index (χ4v) is 0. The molecule has 0 saturated heterocycles. The van der Waals surface area contributed by atoms with Crippen molar-refractivity contribution in [1.82, 2.24) is 0 Å². The van der Waals surface area contributed by atoms with Crippen LogP contribution in [0.1, 0.15) is 0 Å². The second kappa shape index (κ2) is 6.39. The van der Waals surface area contributed by atoms with E-state index in [0.717, 1.165) is 0 Å². The topological polar surface area (TPSA) is 75.6 Å². The van der Waals surface area contributed by atoms with Gasteiger partial charge in [-0.3, -0.25) is 5.26 Å². The summed E-state index contributed by atoms with van der Waals surface area (Å²) in [6, 6.07) is 0. The van der Waals surface area contributed by atoms with E-state index in [1.807, 2.05) is 0 Å². The van der Waals surface area contributed by atoms with Gasteiger partial charge in [0, 0.05) is 0 Å². The Morgan fingerprint density at radius 3 is 1.67 bits per heavy atom. The summed E-state index contributed by atoms with van der Waals surface area (Å²) in [6.45, 7) is 0. The molecule has 0 radical (unpaired) electrons. The van der Waals surface area contributed by atoms with Crippen LogP contribution >= 0.6 is 0 Å². The van der Waals surface area contributed by atoms with E-state index >= 15 is 0 Å². The number of rotatable bonds is 1. The van der Waals surface area contributed by atoms with Crippen molar-refractivity contribution in [2.45, 2.75) is 0 Å². The maximum absolute atomic E-state index is 8.87. The molecule has 6 heteroatoms. The van der Waals surface area contributed by atoms with Crippen molar-refractivity contribution < 1.29 is 20.1 Å². The first-order valence-corrected chi connectivity index (χ1v) is 0.890. The van der Waals surface area contributed by atoms with Gasteiger partial charge in [-0.15, -0.1) is 0 Å². The molecule has 0 fully saturated rings. The Morgan fingerprint density at radius 1 is 1.50 bits per heavy atom. The molecule has 0 saturated carbocycles. The van der Waals surface area contributed by atoms with Gasteiger partial charge in [0.15, 0.2) is 0 Å². The largest absolute Gasteiger partial charge is 2.00 e. The SMILES string of the molecule is [O-]B([O-])OO.[Sr+2]. The van der Waals surface area contributed by atoms with Gasteiger partial charge in [0.25, 0.3) is 0 Å². The molecule has 0 spiro atoms. The van der Waals surface area contributed by atoms with Gasteiger partial charge >= 0.3 is 45.5 Å². The standard InChI is InChI=1S/BHO4.Sr/c2-1(3)5-4;/h4H;/q-2;+2. The van der Waals surface area contributed by atoms with Gasteiger partial charge in [0.05, 0.1) is 0 Å². The summed E-state index contributed by atoms with van der Waals surface area (Å²) in [7, 11) is -2.56. The fourth-order valence-electron chi connectivity index (χ4n) is 0. The van der Waals surface area contributed by atoms with Crippen LogP contribution in [0.2, 0.25) is 0 Å². The van der Waals surface area contributed by atoms with Gasteiger partial charge in [0.2, 0.25) is 0 Å². The van der Waals surface area contributed by atoms with Crippen molar-refractivity contribution in [2.24, 2.45) is 0 Å². The van der Waals surface area contributed by atoms with Crippen molar-refractivity contribution >= 4 is 52.8 Å². The van der Waals surface area contributed by atoms with E-state index in [1.165, 1.54) is 0 Å². The van der Waals surface area contributed by atoms with E-state index in [0.29, 0.717) is 0 Å². The third-order valence-corrected chi connectivity index (χ3v) is 0.0861. The average molecular weight is 163 g/mol. The average Bonchev–Trinajstić information content (AvgIpc) is 1.38. The van der Waals surface area contributed by atoms with Crippen molar-refractivity contribution in [3.63, 3.8) is 0 Å². The second-order valence-corrected chi connectivity index (χ2v) is 0.394. The van der Waals surface area contributed by atoms with Crippen molar-refractivity contribution in [1.29, 1.82) is 0 Å². The molecule has 0 aliphatic carbocycles. The summed E-state index contributed by atoms with van der Waals surface area (Å²) in [5.41, 5.74) is 0. The summed E-state index contributed by atoms with van der Waals surface area (Å²) in [6.07, 6.45) is 0.